The van der Waals surface area contributed by atoms with Gasteiger partial charge in [-0.2, -0.15) is 0 Å². The average Bonchev–Trinajstić information content (AvgIpc) is 2.37. The van der Waals surface area contributed by atoms with Gasteiger partial charge in [0.25, 0.3) is 0 Å². The van der Waals surface area contributed by atoms with Gasteiger partial charge in [-0.05, 0) is 11.5 Å². The largest absolute Gasteiger partial charge is 0.383 e. The summed E-state index contributed by atoms with van der Waals surface area (Å²) in [5.41, 5.74) is 1.08. The van der Waals surface area contributed by atoms with E-state index in [1.54, 1.807) is 7.11 Å². The van der Waals surface area contributed by atoms with Gasteiger partial charge in [-0.1, -0.05) is 44.2 Å². The van der Waals surface area contributed by atoms with Crippen molar-refractivity contribution in [2.45, 2.75) is 26.4 Å². The van der Waals surface area contributed by atoms with Crippen LogP contribution in [0.2, 0.25) is 0 Å². The van der Waals surface area contributed by atoms with Crippen molar-refractivity contribution in [3.05, 3.63) is 35.9 Å². The van der Waals surface area contributed by atoms with Crippen molar-refractivity contribution < 1.29 is 9.53 Å². The van der Waals surface area contributed by atoms with E-state index in [4.69, 9.17) is 4.74 Å². The Bertz CT molecular complexity index is 352. The van der Waals surface area contributed by atoms with Crippen molar-refractivity contribution in [1.29, 1.82) is 0 Å². The van der Waals surface area contributed by atoms with Gasteiger partial charge in [0.1, 0.15) is 0 Å². The predicted molar refractivity (Wildman–Crippen MR) is 72.3 cm³/mol. The molecule has 0 fully saturated rings. The molecular formula is C14H22N2O2. The van der Waals surface area contributed by atoms with Crippen LogP contribution in [0.1, 0.15) is 19.4 Å². The number of rotatable bonds is 6. The summed E-state index contributed by atoms with van der Waals surface area (Å²) in [6.07, 6.45) is 0. The maximum atomic E-state index is 11.7. The molecule has 1 unspecified atom stereocenters. The SMILES string of the molecule is COCC(NC(=O)NCc1ccccc1)C(C)C. The second kappa shape index (κ2) is 7.71. The van der Waals surface area contributed by atoms with E-state index >= 15 is 0 Å². The first kappa shape index (κ1) is 14.5. The van der Waals surface area contributed by atoms with Crippen molar-refractivity contribution in [2.75, 3.05) is 13.7 Å². The molecule has 0 aliphatic rings. The standard InChI is InChI=1S/C14H22N2O2/c1-11(2)13(10-18-3)16-14(17)15-9-12-7-5-4-6-8-12/h4-8,11,13H,9-10H2,1-3H3,(H2,15,16,17). The molecule has 1 atom stereocenters. The highest BCUT2D eigenvalue weighted by molar-refractivity contribution is 5.74. The number of methoxy groups -OCH3 is 1. The number of carbonyl (C=O) groups excluding carboxylic acids is 1. The van der Waals surface area contributed by atoms with Crippen molar-refractivity contribution in [3.8, 4) is 0 Å². The van der Waals surface area contributed by atoms with Crippen molar-refractivity contribution in [1.82, 2.24) is 10.6 Å². The lowest BCUT2D eigenvalue weighted by atomic mass is 10.1. The number of amides is 2. The molecule has 0 bridgehead atoms. The first-order valence-electron chi connectivity index (χ1n) is 6.20. The maximum absolute atomic E-state index is 11.7. The van der Waals surface area contributed by atoms with Crippen LogP contribution in [0.5, 0.6) is 0 Å². The van der Waals surface area contributed by atoms with Gasteiger partial charge >= 0.3 is 6.03 Å². The third kappa shape index (κ3) is 5.19. The third-order valence-electron chi connectivity index (χ3n) is 2.76. The normalized spacial score (nSPS) is 12.2. The molecule has 0 spiro atoms. The van der Waals surface area contributed by atoms with E-state index in [1.807, 2.05) is 30.3 Å². The molecule has 0 aromatic heterocycles. The number of ether oxygens (including phenoxy) is 1. The van der Waals surface area contributed by atoms with Gasteiger partial charge in [-0.25, -0.2) is 4.79 Å². The van der Waals surface area contributed by atoms with E-state index < -0.39 is 0 Å². The summed E-state index contributed by atoms with van der Waals surface area (Å²) in [6, 6.07) is 9.70. The van der Waals surface area contributed by atoms with Gasteiger partial charge < -0.3 is 15.4 Å². The Labute approximate surface area is 109 Å². The van der Waals surface area contributed by atoms with Crippen molar-refractivity contribution in [2.24, 2.45) is 5.92 Å². The lowest BCUT2D eigenvalue weighted by Crippen LogP contribution is -2.46. The highest BCUT2D eigenvalue weighted by Gasteiger charge is 2.15. The summed E-state index contributed by atoms with van der Waals surface area (Å²) in [7, 11) is 1.64. The Morgan fingerprint density at radius 3 is 2.50 bits per heavy atom. The summed E-state index contributed by atoms with van der Waals surface area (Å²) in [5, 5.41) is 5.75. The lowest BCUT2D eigenvalue weighted by Gasteiger charge is -2.21. The minimum atomic E-state index is -0.158. The van der Waals surface area contributed by atoms with Gasteiger partial charge in [0.15, 0.2) is 0 Å². The zero-order valence-corrected chi connectivity index (χ0v) is 11.3. The molecule has 0 aliphatic heterocycles. The third-order valence-corrected chi connectivity index (χ3v) is 2.76. The van der Waals surface area contributed by atoms with E-state index in [1.165, 1.54) is 0 Å². The average molecular weight is 250 g/mol. The Balaban J connectivity index is 2.36. The fourth-order valence-electron chi connectivity index (χ4n) is 1.58. The van der Waals surface area contributed by atoms with Crippen molar-refractivity contribution >= 4 is 6.03 Å². The summed E-state index contributed by atoms with van der Waals surface area (Å²) in [5.74, 6) is 0.340. The first-order chi connectivity index (χ1) is 8.63. The molecule has 2 N–H and O–H groups in total. The quantitative estimate of drug-likeness (QED) is 0.813. The summed E-state index contributed by atoms with van der Waals surface area (Å²) >= 11 is 0. The maximum Gasteiger partial charge on any atom is 0.315 e. The fourth-order valence-corrected chi connectivity index (χ4v) is 1.58. The second-order valence-corrected chi connectivity index (χ2v) is 4.62. The van der Waals surface area contributed by atoms with Gasteiger partial charge in [-0.15, -0.1) is 0 Å². The van der Waals surface area contributed by atoms with E-state index in [9.17, 15) is 4.79 Å². The Morgan fingerprint density at radius 1 is 1.28 bits per heavy atom. The number of urea groups is 1. The Morgan fingerprint density at radius 2 is 1.94 bits per heavy atom. The van der Waals surface area contributed by atoms with Crippen LogP contribution >= 0.6 is 0 Å². The van der Waals surface area contributed by atoms with Crippen LogP contribution in [0.4, 0.5) is 4.79 Å². The highest BCUT2D eigenvalue weighted by atomic mass is 16.5. The van der Waals surface area contributed by atoms with E-state index in [-0.39, 0.29) is 12.1 Å². The number of nitrogens with one attached hydrogen (secondary N) is 2. The molecule has 18 heavy (non-hydrogen) atoms. The van der Waals surface area contributed by atoms with E-state index in [0.29, 0.717) is 19.1 Å². The van der Waals surface area contributed by atoms with Crippen LogP contribution in [0, 0.1) is 5.92 Å². The summed E-state index contributed by atoms with van der Waals surface area (Å²) < 4.78 is 5.09. The van der Waals surface area contributed by atoms with Crippen LogP contribution in [-0.2, 0) is 11.3 Å². The molecule has 1 aromatic rings. The number of carbonyl (C=O) groups is 1. The van der Waals surface area contributed by atoms with Crippen LogP contribution in [-0.4, -0.2) is 25.8 Å². The lowest BCUT2D eigenvalue weighted by molar-refractivity contribution is 0.148. The molecule has 2 amide bonds. The molecule has 1 rings (SSSR count). The summed E-state index contributed by atoms with van der Waals surface area (Å²) in [6.45, 7) is 5.17. The van der Waals surface area contributed by atoms with Crippen LogP contribution in [0.3, 0.4) is 0 Å². The van der Waals surface area contributed by atoms with E-state index in [0.717, 1.165) is 5.56 Å². The van der Waals surface area contributed by atoms with Crippen molar-refractivity contribution in [3.63, 3.8) is 0 Å². The summed E-state index contributed by atoms with van der Waals surface area (Å²) in [4.78, 5) is 11.7. The van der Waals surface area contributed by atoms with Gasteiger partial charge in [0.2, 0.25) is 0 Å². The number of benzene rings is 1. The first-order valence-corrected chi connectivity index (χ1v) is 6.20. The molecular weight excluding hydrogens is 228 g/mol. The van der Waals surface area contributed by atoms with Gasteiger partial charge in [0.05, 0.1) is 12.6 Å². The van der Waals surface area contributed by atoms with Gasteiger partial charge in [0, 0.05) is 13.7 Å². The van der Waals surface area contributed by atoms with Crippen LogP contribution in [0.25, 0.3) is 0 Å². The smallest absolute Gasteiger partial charge is 0.315 e. The second-order valence-electron chi connectivity index (χ2n) is 4.62. The minimum absolute atomic E-state index is 0.0331. The Hall–Kier alpha value is -1.55. The monoisotopic (exact) mass is 250 g/mol. The molecule has 1 aromatic carbocycles. The molecule has 4 heteroatoms. The fraction of sp³-hybridized carbons (Fsp3) is 0.500. The molecule has 100 valence electrons. The number of hydrogen-bond acceptors (Lipinski definition) is 2. The molecule has 0 saturated carbocycles. The molecule has 4 nitrogen and oxygen atoms in total. The minimum Gasteiger partial charge on any atom is -0.383 e. The van der Waals surface area contributed by atoms with Gasteiger partial charge in [-0.3, -0.25) is 0 Å². The highest BCUT2D eigenvalue weighted by Crippen LogP contribution is 2.02. The topological polar surface area (TPSA) is 50.4 Å². The Kier molecular flexibility index (Phi) is 6.22. The van der Waals surface area contributed by atoms with Crippen LogP contribution < -0.4 is 10.6 Å². The number of hydrogen-bond donors (Lipinski definition) is 2. The van der Waals surface area contributed by atoms with E-state index in [2.05, 4.69) is 24.5 Å². The predicted octanol–water partition coefficient (Wildman–Crippen LogP) is 2.16. The molecule has 0 heterocycles. The zero-order valence-electron chi connectivity index (χ0n) is 11.3. The zero-order chi connectivity index (χ0) is 13.4. The van der Waals surface area contributed by atoms with Crippen LogP contribution in [0.15, 0.2) is 30.3 Å². The molecule has 0 aliphatic carbocycles. The molecule has 0 radical (unpaired) electrons. The molecule has 0 saturated heterocycles.